The van der Waals surface area contributed by atoms with Gasteiger partial charge in [-0.1, -0.05) is 12.1 Å². The maximum Gasteiger partial charge on any atom is 0.191 e. The van der Waals surface area contributed by atoms with Crippen LogP contribution in [0.2, 0.25) is 0 Å². The molecule has 1 aromatic heterocycles. The molecule has 9 heteroatoms. The minimum atomic E-state index is 0. The van der Waals surface area contributed by atoms with Gasteiger partial charge < -0.3 is 24.7 Å². The van der Waals surface area contributed by atoms with Crippen LogP contribution in [-0.4, -0.2) is 40.5 Å². The highest BCUT2D eigenvalue weighted by atomic mass is 127. The monoisotopic (exact) mass is 528 g/mol. The summed E-state index contributed by atoms with van der Waals surface area (Å²) in [5.74, 6) is 4.04. The molecule has 1 saturated carbocycles. The van der Waals surface area contributed by atoms with Crippen molar-refractivity contribution >= 4 is 29.9 Å². The molecule has 1 aliphatic carbocycles. The number of rotatable bonds is 8. The Morgan fingerprint density at radius 3 is 2.63 bits per heavy atom. The molecular weight excluding hydrogens is 495 g/mol. The second kappa shape index (κ2) is 12.0. The lowest BCUT2D eigenvalue weighted by molar-refractivity contribution is 0.198. The summed E-state index contributed by atoms with van der Waals surface area (Å²) < 4.78 is 13.8. The van der Waals surface area contributed by atoms with Crippen LogP contribution in [0.5, 0.6) is 11.5 Å². The first-order valence-corrected chi connectivity index (χ1v) is 10.3. The van der Waals surface area contributed by atoms with Gasteiger partial charge in [-0.2, -0.15) is 0 Å². The van der Waals surface area contributed by atoms with Crippen LogP contribution in [0.1, 0.15) is 49.8 Å². The van der Waals surface area contributed by atoms with E-state index in [9.17, 15) is 0 Å². The molecule has 2 aromatic rings. The topological polar surface area (TPSA) is 85.6 Å². The third-order valence-corrected chi connectivity index (χ3v) is 5.22. The first-order valence-electron chi connectivity index (χ1n) is 10.3. The molecule has 1 aromatic carbocycles. The van der Waals surface area contributed by atoms with Crippen LogP contribution in [0, 0.1) is 6.92 Å². The molecule has 0 unspecified atom stereocenters. The number of aryl methyl sites for hydroxylation is 1. The van der Waals surface area contributed by atoms with Crippen LogP contribution >= 0.6 is 24.0 Å². The molecule has 3 rings (SSSR count). The molecule has 2 N–H and O–H groups in total. The van der Waals surface area contributed by atoms with Crippen molar-refractivity contribution in [2.24, 2.45) is 12.0 Å². The lowest BCUT2D eigenvalue weighted by Crippen LogP contribution is -2.37. The highest BCUT2D eigenvalue weighted by Crippen LogP contribution is 2.35. The zero-order valence-electron chi connectivity index (χ0n) is 18.3. The van der Waals surface area contributed by atoms with Crippen molar-refractivity contribution in [3.8, 4) is 11.5 Å². The first-order chi connectivity index (χ1) is 14.1. The Hall–Kier alpha value is -2.04. The molecule has 30 heavy (non-hydrogen) atoms. The van der Waals surface area contributed by atoms with Crippen LogP contribution in [0.25, 0.3) is 0 Å². The van der Waals surface area contributed by atoms with E-state index in [0.29, 0.717) is 13.1 Å². The summed E-state index contributed by atoms with van der Waals surface area (Å²) in [6.07, 6.45) is 4.91. The van der Waals surface area contributed by atoms with E-state index in [1.54, 1.807) is 7.11 Å². The summed E-state index contributed by atoms with van der Waals surface area (Å²) in [6, 6.07) is 5.97. The van der Waals surface area contributed by atoms with Gasteiger partial charge in [-0.15, -0.1) is 34.2 Å². The van der Waals surface area contributed by atoms with Crippen molar-refractivity contribution in [1.29, 1.82) is 0 Å². The maximum absolute atomic E-state index is 6.31. The molecule has 0 spiro atoms. The van der Waals surface area contributed by atoms with Gasteiger partial charge in [-0.25, -0.2) is 4.99 Å². The average molecular weight is 528 g/mol. The van der Waals surface area contributed by atoms with Crippen LogP contribution in [0.4, 0.5) is 0 Å². The second-order valence-corrected chi connectivity index (χ2v) is 7.24. The Morgan fingerprint density at radius 2 is 2.00 bits per heavy atom. The number of hydrogen-bond donors (Lipinski definition) is 2. The Balaban J connectivity index is 0.00000320. The molecular formula is C21H33IN6O2. The fraction of sp³-hybridized carbons (Fsp3) is 0.571. The molecule has 0 saturated heterocycles. The normalized spacial score (nSPS) is 14.3. The predicted molar refractivity (Wildman–Crippen MR) is 129 cm³/mol. The molecule has 166 valence electrons. The summed E-state index contributed by atoms with van der Waals surface area (Å²) in [4.78, 5) is 4.75. The number of benzene rings is 1. The minimum Gasteiger partial charge on any atom is -0.493 e. The van der Waals surface area contributed by atoms with E-state index >= 15 is 0 Å². The number of nitrogens with zero attached hydrogens (tertiary/aromatic N) is 4. The van der Waals surface area contributed by atoms with E-state index in [1.165, 1.54) is 12.8 Å². The van der Waals surface area contributed by atoms with Crippen molar-refractivity contribution in [2.45, 2.75) is 58.7 Å². The molecule has 1 aliphatic rings. The summed E-state index contributed by atoms with van der Waals surface area (Å²) in [5, 5.41) is 14.9. The molecule has 0 amide bonds. The van der Waals surface area contributed by atoms with Gasteiger partial charge in [0.2, 0.25) is 0 Å². The number of hydrogen-bond acceptors (Lipinski definition) is 5. The maximum atomic E-state index is 6.31. The van der Waals surface area contributed by atoms with Gasteiger partial charge in [0.05, 0.1) is 26.3 Å². The fourth-order valence-electron chi connectivity index (χ4n) is 3.43. The van der Waals surface area contributed by atoms with E-state index in [1.807, 2.05) is 43.7 Å². The molecule has 0 atom stereocenters. The van der Waals surface area contributed by atoms with Gasteiger partial charge >= 0.3 is 0 Å². The lowest BCUT2D eigenvalue weighted by atomic mass is 10.1. The van der Waals surface area contributed by atoms with E-state index < -0.39 is 0 Å². The number of guanidine groups is 1. The quantitative estimate of drug-likeness (QED) is 0.311. The van der Waals surface area contributed by atoms with Gasteiger partial charge in [0.1, 0.15) is 5.82 Å². The Morgan fingerprint density at radius 1 is 1.23 bits per heavy atom. The summed E-state index contributed by atoms with van der Waals surface area (Å²) >= 11 is 0. The van der Waals surface area contributed by atoms with Crippen LogP contribution in [0.15, 0.2) is 23.2 Å². The molecule has 0 aliphatic heterocycles. The van der Waals surface area contributed by atoms with Crippen molar-refractivity contribution in [3.63, 3.8) is 0 Å². The summed E-state index contributed by atoms with van der Waals surface area (Å²) in [6.45, 7) is 5.79. The van der Waals surface area contributed by atoms with Crippen LogP contribution in [-0.2, 0) is 20.1 Å². The van der Waals surface area contributed by atoms with E-state index in [2.05, 4.69) is 20.8 Å². The Labute approximate surface area is 195 Å². The van der Waals surface area contributed by atoms with Gasteiger partial charge in [-0.05, 0) is 45.6 Å². The molecule has 8 nitrogen and oxygen atoms in total. The minimum absolute atomic E-state index is 0. The summed E-state index contributed by atoms with van der Waals surface area (Å²) in [7, 11) is 3.64. The van der Waals surface area contributed by atoms with Crippen molar-refractivity contribution < 1.29 is 9.47 Å². The number of ether oxygens (including phenoxy) is 2. The number of methoxy groups -OCH3 is 1. The van der Waals surface area contributed by atoms with E-state index in [4.69, 9.17) is 14.5 Å². The Bertz CT molecular complexity index is 833. The molecule has 1 fully saturated rings. The second-order valence-electron chi connectivity index (χ2n) is 7.24. The van der Waals surface area contributed by atoms with Crippen LogP contribution < -0.4 is 20.1 Å². The number of halogens is 1. The smallest absolute Gasteiger partial charge is 0.191 e. The largest absolute Gasteiger partial charge is 0.493 e. The number of aliphatic imine (C=N–C) groups is 1. The Kier molecular flexibility index (Phi) is 9.67. The van der Waals surface area contributed by atoms with Gasteiger partial charge in [-0.3, -0.25) is 0 Å². The third-order valence-electron chi connectivity index (χ3n) is 5.22. The fourth-order valence-corrected chi connectivity index (χ4v) is 3.43. The first kappa shape index (κ1) is 24.2. The van der Waals surface area contributed by atoms with Crippen LogP contribution in [0.3, 0.4) is 0 Å². The van der Waals surface area contributed by atoms with Gasteiger partial charge in [0, 0.05) is 19.2 Å². The predicted octanol–water partition coefficient (Wildman–Crippen LogP) is 3.33. The van der Waals surface area contributed by atoms with Crippen molar-refractivity contribution in [2.75, 3.05) is 13.7 Å². The molecule has 0 radical (unpaired) electrons. The standard InChI is InChI=1S/C21H32N6O2.HI/c1-5-22-21(24-14-19-26-25-15(2)27(19)3)23-13-16-9-8-12-18(28-4)20(16)29-17-10-6-7-11-17;/h8-9,12,17H,5-7,10-11,13-14H2,1-4H3,(H2,22,23,24);1H. The van der Waals surface area contributed by atoms with E-state index in [-0.39, 0.29) is 30.1 Å². The van der Waals surface area contributed by atoms with Crippen molar-refractivity contribution in [1.82, 2.24) is 25.4 Å². The van der Waals surface area contributed by atoms with E-state index in [0.717, 1.165) is 54.1 Å². The van der Waals surface area contributed by atoms with Gasteiger partial charge in [0.15, 0.2) is 23.3 Å². The van der Waals surface area contributed by atoms with Crippen molar-refractivity contribution in [3.05, 3.63) is 35.4 Å². The zero-order chi connectivity index (χ0) is 20.6. The lowest BCUT2D eigenvalue weighted by Gasteiger charge is -2.19. The highest BCUT2D eigenvalue weighted by Gasteiger charge is 2.20. The third kappa shape index (κ3) is 6.23. The number of aromatic nitrogens is 3. The number of nitrogens with one attached hydrogen (secondary N) is 2. The summed E-state index contributed by atoms with van der Waals surface area (Å²) in [5.41, 5.74) is 1.02. The molecule has 0 bridgehead atoms. The van der Waals surface area contributed by atoms with Gasteiger partial charge in [0.25, 0.3) is 0 Å². The molecule has 1 heterocycles. The highest BCUT2D eigenvalue weighted by molar-refractivity contribution is 14.0. The number of para-hydroxylation sites is 1. The zero-order valence-corrected chi connectivity index (χ0v) is 20.6. The average Bonchev–Trinajstić information content (AvgIpc) is 3.35. The SMILES string of the molecule is CCNC(=NCc1cccc(OC)c1OC1CCCC1)NCc1nnc(C)n1C.I.